The summed E-state index contributed by atoms with van der Waals surface area (Å²) in [6.45, 7) is 6.56. The van der Waals surface area contributed by atoms with Gasteiger partial charge in [0.2, 0.25) is 0 Å². The highest BCUT2D eigenvalue weighted by molar-refractivity contribution is 6.32. The van der Waals surface area contributed by atoms with Gasteiger partial charge in [-0.15, -0.1) is 0 Å². The van der Waals surface area contributed by atoms with Crippen molar-refractivity contribution in [2.45, 2.75) is 39.0 Å². The molecule has 1 saturated heterocycles. The summed E-state index contributed by atoms with van der Waals surface area (Å²) < 4.78 is 11.2. The monoisotopic (exact) mass is 297 g/mol. The number of hydrogen-bond donors (Lipinski definition) is 1. The molecule has 0 bridgehead atoms. The fourth-order valence-electron chi connectivity index (χ4n) is 3.33. The maximum absolute atomic E-state index is 6.25. The Morgan fingerprint density at radius 1 is 1.25 bits per heavy atom. The number of rotatable bonds is 4. The van der Waals surface area contributed by atoms with Crippen molar-refractivity contribution in [2.24, 2.45) is 11.8 Å². The maximum Gasteiger partial charge on any atom is 0.137 e. The predicted molar refractivity (Wildman–Crippen MR) is 82.5 cm³/mol. The van der Waals surface area contributed by atoms with Crippen LogP contribution in [0.2, 0.25) is 5.02 Å². The summed E-state index contributed by atoms with van der Waals surface area (Å²) in [6.07, 6.45) is 0.526. The van der Waals surface area contributed by atoms with Crippen LogP contribution in [-0.4, -0.2) is 26.4 Å². The van der Waals surface area contributed by atoms with Crippen molar-refractivity contribution in [3.63, 3.8) is 0 Å². The van der Waals surface area contributed by atoms with Crippen molar-refractivity contribution >= 4 is 11.6 Å². The molecule has 0 aromatic heterocycles. The highest BCUT2D eigenvalue weighted by Crippen LogP contribution is 2.41. The lowest BCUT2D eigenvalue weighted by Gasteiger charge is -2.29. The zero-order valence-corrected chi connectivity index (χ0v) is 13.6. The molecule has 0 aliphatic carbocycles. The van der Waals surface area contributed by atoms with Gasteiger partial charge in [0.25, 0.3) is 0 Å². The molecule has 1 N–H and O–H groups in total. The van der Waals surface area contributed by atoms with Crippen LogP contribution in [-0.2, 0) is 4.74 Å². The first-order valence-corrected chi connectivity index (χ1v) is 7.53. The lowest BCUT2D eigenvalue weighted by atomic mass is 9.80. The van der Waals surface area contributed by atoms with E-state index in [-0.39, 0.29) is 12.1 Å². The van der Waals surface area contributed by atoms with Crippen molar-refractivity contribution in [3.8, 4) is 5.75 Å². The molecule has 2 rings (SSSR count). The molecule has 0 radical (unpaired) electrons. The Bertz CT molecular complexity index is 466. The van der Waals surface area contributed by atoms with Crippen molar-refractivity contribution in [2.75, 3.05) is 14.2 Å². The first kappa shape index (κ1) is 15.6. The molecule has 5 atom stereocenters. The van der Waals surface area contributed by atoms with Crippen LogP contribution in [0.15, 0.2) is 18.2 Å². The van der Waals surface area contributed by atoms with Gasteiger partial charge in [0.1, 0.15) is 5.75 Å². The first-order chi connectivity index (χ1) is 9.49. The van der Waals surface area contributed by atoms with Gasteiger partial charge in [0.15, 0.2) is 0 Å². The Hall–Kier alpha value is -0.770. The minimum atomic E-state index is 0.230. The van der Waals surface area contributed by atoms with E-state index in [0.717, 1.165) is 0 Å². The number of nitrogens with one attached hydrogen (secondary N) is 1. The summed E-state index contributed by atoms with van der Waals surface area (Å²) in [5.41, 5.74) is 1.18. The zero-order valence-electron chi connectivity index (χ0n) is 12.8. The van der Waals surface area contributed by atoms with Crippen LogP contribution in [0.25, 0.3) is 0 Å². The van der Waals surface area contributed by atoms with Gasteiger partial charge in [-0.05, 0) is 44.5 Å². The van der Waals surface area contributed by atoms with Crippen molar-refractivity contribution in [3.05, 3.63) is 28.8 Å². The van der Waals surface area contributed by atoms with E-state index in [0.29, 0.717) is 28.7 Å². The Balaban J connectivity index is 2.30. The third-order valence-corrected chi connectivity index (χ3v) is 4.85. The summed E-state index contributed by atoms with van der Waals surface area (Å²) in [5.74, 6) is 1.64. The Labute approximate surface area is 126 Å². The molecule has 1 aromatic carbocycles. The summed E-state index contributed by atoms with van der Waals surface area (Å²) in [4.78, 5) is 0. The fourth-order valence-corrected chi connectivity index (χ4v) is 3.59. The quantitative estimate of drug-likeness (QED) is 0.920. The normalized spacial score (nSPS) is 31.3. The van der Waals surface area contributed by atoms with Crippen LogP contribution in [0, 0.1) is 11.8 Å². The molecular formula is C16H24ClNO2. The Kier molecular flexibility index (Phi) is 4.95. The molecule has 3 nitrogen and oxygen atoms in total. The highest BCUT2D eigenvalue weighted by Gasteiger charge is 2.41. The molecular weight excluding hydrogens is 274 g/mol. The molecule has 1 fully saturated rings. The minimum Gasteiger partial charge on any atom is -0.495 e. The third kappa shape index (κ3) is 2.80. The van der Waals surface area contributed by atoms with Crippen LogP contribution in [0.3, 0.4) is 0 Å². The van der Waals surface area contributed by atoms with Gasteiger partial charge in [0, 0.05) is 12.0 Å². The van der Waals surface area contributed by atoms with Crippen molar-refractivity contribution in [1.29, 1.82) is 0 Å². The van der Waals surface area contributed by atoms with Gasteiger partial charge < -0.3 is 14.8 Å². The van der Waals surface area contributed by atoms with Crippen LogP contribution >= 0.6 is 11.6 Å². The Morgan fingerprint density at radius 2 is 1.95 bits per heavy atom. The van der Waals surface area contributed by atoms with Gasteiger partial charge in [-0.2, -0.15) is 0 Å². The molecule has 112 valence electrons. The number of methoxy groups -OCH3 is 1. The summed E-state index contributed by atoms with van der Waals surface area (Å²) >= 11 is 6.25. The van der Waals surface area contributed by atoms with E-state index >= 15 is 0 Å². The fraction of sp³-hybridized carbons (Fsp3) is 0.625. The molecule has 0 saturated carbocycles. The average Bonchev–Trinajstić information content (AvgIpc) is 2.66. The van der Waals surface area contributed by atoms with Gasteiger partial charge >= 0.3 is 0 Å². The predicted octanol–water partition coefficient (Wildman–Crippen LogP) is 3.67. The zero-order chi connectivity index (χ0) is 14.9. The van der Waals surface area contributed by atoms with Crippen LogP contribution in [0.1, 0.15) is 32.4 Å². The molecule has 1 aliphatic rings. The SMILES string of the molecule is CNC(c1ccc(OC)c(Cl)c1)C1C(C)OC(C)C1C. The molecule has 5 unspecified atom stereocenters. The average molecular weight is 298 g/mol. The molecule has 20 heavy (non-hydrogen) atoms. The number of hydrogen-bond acceptors (Lipinski definition) is 3. The van der Waals surface area contributed by atoms with E-state index in [1.165, 1.54) is 5.56 Å². The third-order valence-electron chi connectivity index (χ3n) is 4.55. The second-order valence-electron chi connectivity index (χ2n) is 5.64. The van der Waals surface area contributed by atoms with E-state index in [1.54, 1.807) is 7.11 Å². The number of ether oxygens (including phenoxy) is 2. The summed E-state index contributed by atoms with van der Waals surface area (Å²) in [7, 11) is 3.62. The molecule has 1 heterocycles. The topological polar surface area (TPSA) is 30.5 Å². The maximum atomic E-state index is 6.25. The van der Waals surface area contributed by atoms with Crippen LogP contribution in [0.5, 0.6) is 5.75 Å². The second kappa shape index (κ2) is 6.33. The lowest BCUT2D eigenvalue weighted by Crippen LogP contribution is -2.33. The number of benzene rings is 1. The first-order valence-electron chi connectivity index (χ1n) is 7.15. The van der Waals surface area contributed by atoms with Gasteiger partial charge in [-0.25, -0.2) is 0 Å². The molecule has 1 aliphatic heterocycles. The van der Waals surface area contributed by atoms with E-state index in [9.17, 15) is 0 Å². The van der Waals surface area contributed by atoms with E-state index in [4.69, 9.17) is 21.1 Å². The lowest BCUT2D eigenvalue weighted by molar-refractivity contribution is 0.0478. The van der Waals surface area contributed by atoms with Gasteiger partial charge in [-0.1, -0.05) is 24.6 Å². The second-order valence-corrected chi connectivity index (χ2v) is 6.05. The van der Waals surface area contributed by atoms with E-state index in [1.807, 2.05) is 19.2 Å². The van der Waals surface area contributed by atoms with E-state index in [2.05, 4.69) is 32.2 Å². The molecule has 4 heteroatoms. The molecule has 0 spiro atoms. The molecule has 1 aromatic rings. The smallest absolute Gasteiger partial charge is 0.137 e. The van der Waals surface area contributed by atoms with Crippen molar-refractivity contribution in [1.82, 2.24) is 5.32 Å². The molecule has 0 amide bonds. The van der Waals surface area contributed by atoms with Crippen molar-refractivity contribution < 1.29 is 9.47 Å². The standard InChI is InChI=1S/C16H24ClNO2/c1-9-10(2)20-11(3)15(9)16(18-4)12-6-7-14(19-5)13(17)8-12/h6-11,15-16,18H,1-5H3. The minimum absolute atomic E-state index is 0.230. The largest absolute Gasteiger partial charge is 0.495 e. The van der Waals surface area contributed by atoms with E-state index < -0.39 is 0 Å². The Morgan fingerprint density at radius 3 is 2.40 bits per heavy atom. The van der Waals surface area contributed by atoms with Gasteiger partial charge in [0.05, 0.1) is 24.3 Å². The van der Waals surface area contributed by atoms with Crippen LogP contribution in [0.4, 0.5) is 0 Å². The van der Waals surface area contributed by atoms with Crippen LogP contribution < -0.4 is 10.1 Å². The highest BCUT2D eigenvalue weighted by atomic mass is 35.5. The summed E-state index contributed by atoms with van der Waals surface area (Å²) in [6, 6.07) is 6.22. The van der Waals surface area contributed by atoms with Gasteiger partial charge in [-0.3, -0.25) is 0 Å². The number of halogens is 1. The summed E-state index contributed by atoms with van der Waals surface area (Å²) in [5, 5.41) is 4.08.